The number of hydrogen-bond donors (Lipinski definition) is 2. The summed E-state index contributed by atoms with van der Waals surface area (Å²) in [5, 5.41) is 12.9. The standard InChI is InChI=1S/C22H28N2O4S/c1-16-10-12-19(13-11-16)24(2)29(27,28)20-8-5-7-17(14-20)22(26)23-15-18-6-3-4-9-21(18)25/h5,7-8,10-14,18,21,25H,3-4,6,9,15H2,1-2H3,(H,23,26)/t18-,21-/m1/s1. The molecule has 1 aliphatic rings. The van der Waals surface area contributed by atoms with Crippen LogP contribution in [0.4, 0.5) is 5.69 Å². The fraction of sp³-hybridized carbons (Fsp3) is 0.409. The van der Waals surface area contributed by atoms with Crippen molar-refractivity contribution in [3.63, 3.8) is 0 Å². The number of aryl methyl sites for hydroxylation is 1. The van der Waals surface area contributed by atoms with Crippen LogP contribution in [0.5, 0.6) is 0 Å². The van der Waals surface area contributed by atoms with Gasteiger partial charge in [-0.15, -0.1) is 0 Å². The van der Waals surface area contributed by atoms with Gasteiger partial charge in [-0.2, -0.15) is 0 Å². The smallest absolute Gasteiger partial charge is 0.264 e. The highest BCUT2D eigenvalue weighted by Crippen LogP contribution is 2.25. The molecule has 0 unspecified atom stereocenters. The Labute approximate surface area is 172 Å². The zero-order chi connectivity index (χ0) is 21.0. The average Bonchev–Trinajstić information content (AvgIpc) is 2.73. The van der Waals surface area contributed by atoms with E-state index < -0.39 is 10.0 Å². The molecule has 0 spiro atoms. The van der Waals surface area contributed by atoms with Gasteiger partial charge in [0.05, 0.1) is 16.7 Å². The molecule has 2 N–H and O–H groups in total. The normalized spacial score (nSPS) is 19.6. The van der Waals surface area contributed by atoms with E-state index in [1.54, 1.807) is 24.3 Å². The van der Waals surface area contributed by atoms with E-state index in [-0.39, 0.29) is 28.4 Å². The maximum atomic E-state index is 13.0. The number of benzene rings is 2. The summed E-state index contributed by atoms with van der Waals surface area (Å²) >= 11 is 0. The maximum absolute atomic E-state index is 13.0. The lowest BCUT2D eigenvalue weighted by Gasteiger charge is -2.27. The summed E-state index contributed by atoms with van der Waals surface area (Å²) in [6.45, 7) is 2.33. The molecule has 1 aliphatic carbocycles. The number of nitrogens with one attached hydrogen (secondary N) is 1. The van der Waals surface area contributed by atoms with Crippen molar-refractivity contribution in [2.75, 3.05) is 17.9 Å². The van der Waals surface area contributed by atoms with E-state index in [0.29, 0.717) is 12.2 Å². The largest absolute Gasteiger partial charge is 0.393 e. The molecular formula is C22H28N2O4S. The van der Waals surface area contributed by atoms with Crippen molar-refractivity contribution in [2.24, 2.45) is 5.92 Å². The van der Waals surface area contributed by atoms with Crippen LogP contribution in [0.3, 0.4) is 0 Å². The van der Waals surface area contributed by atoms with Gasteiger partial charge in [-0.05, 0) is 50.1 Å². The Hall–Kier alpha value is -2.38. The third kappa shape index (κ3) is 4.97. The molecule has 1 saturated carbocycles. The Kier molecular flexibility index (Phi) is 6.59. The van der Waals surface area contributed by atoms with E-state index >= 15 is 0 Å². The second-order valence-corrected chi connectivity index (χ2v) is 9.63. The number of hydrogen-bond acceptors (Lipinski definition) is 4. The van der Waals surface area contributed by atoms with Gasteiger partial charge in [0.25, 0.3) is 15.9 Å². The van der Waals surface area contributed by atoms with Crippen LogP contribution in [-0.4, -0.2) is 39.1 Å². The molecule has 156 valence electrons. The van der Waals surface area contributed by atoms with Gasteiger partial charge < -0.3 is 10.4 Å². The Bertz CT molecular complexity index is 957. The summed E-state index contributed by atoms with van der Waals surface area (Å²) in [5.74, 6) is -0.287. The molecule has 0 aliphatic heterocycles. The Balaban J connectivity index is 1.73. The molecule has 0 bridgehead atoms. The molecule has 29 heavy (non-hydrogen) atoms. The minimum atomic E-state index is -3.79. The second kappa shape index (κ2) is 8.97. The average molecular weight is 417 g/mol. The van der Waals surface area contributed by atoms with Crippen LogP contribution in [-0.2, 0) is 10.0 Å². The Morgan fingerprint density at radius 1 is 1.14 bits per heavy atom. The molecule has 2 aromatic carbocycles. The minimum absolute atomic E-state index is 0.0484. The monoisotopic (exact) mass is 416 g/mol. The van der Waals surface area contributed by atoms with Crippen LogP contribution in [0.15, 0.2) is 53.4 Å². The summed E-state index contributed by atoms with van der Waals surface area (Å²) in [6, 6.07) is 13.2. The van der Waals surface area contributed by atoms with Crippen molar-refractivity contribution in [1.29, 1.82) is 0 Å². The summed E-state index contributed by atoms with van der Waals surface area (Å²) in [5.41, 5.74) is 1.88. The van der Waals surface area contributed by atoms with Crippen molar-refractivity contribution in [3.05, 3.63) is 59.7 Å². The van der Waals surface area contributed by atoms with Crippen LogP contribution < -0.4 is 9.62 Å². The third-order valence-corrected chi connectivity index (χ3v) is 7.33. The number of nitrogens with zero attached hydrogens (tertiary/aromatic N) is 1. The number of aliphatic hydroxyl groups is 1. The third-order valence-electron chi connectivity index (χ3n) is 5.55. The molecule has 1 amide bonds. The molecule has 2 atom stereocenters. The van der Waals surface area contributed by atoms with Crippen molar-refractivity contribution >= 4 is 21.6 Å². The van der Waals surface area contributed by atoms with Gasteiger partial charge in [-0.1, -0.05) is 36.6 Å². The highest BCUT2D eigenvalue weighted by molar-refractivity contribution is 7.92. The van der Waals surface area contributed by atoms with Gasteiger partial charge in [-0.3, -0.25) is 9.10 Å². The number of carbonyl (C=O) groups is 1. The van der Waals surface area contributed by atoms with Crippen LogP contribution >= 0.6 is 0 Å². The minimum Gasteiger partial charge on any atom is -0.393 e. The number of carbonyl (C=O) groups excluding carboxylic acids is 1. The number of sulfonamides is 1. The van der Waals surface area contributed by atoms with Gasteiger partial charge >= 0.3 is 0 Å². The zero-order valence-electron chi connectivity index (χ0n) is 16.8. The predicted octanol–water partition coefficient (Wildman–Crippen LogP) is 3.10. The fourth-order valence-corrected chi connectivity index (χ4v) is 4.84. The second-order valence-electron chi connectivity index (χ2n) is 7.66. The van der Waals surface area contributed by atoms with Gasteiger partial charge in [0.2, 0.25) is 0 Å². The number of anilines is 1. The lowest BCUT2D eigenvalue weighted by atomic mass is 9.86. The van der Waals surface area contributed by atoms with Crippen LogP contribution in [0.25, 0.3) is 0 Å². The van der Waals surface area contributed by atoms with Crippen molar-refractivity contribution in [3.8, 4) is 0 Å². The molecular weight excluding hydrogens is 388 g/mol. The molecule has 0 heterocycles. The first-order valence-electron chi connectivity index (χ1n) is 9.91. The molecule has 0 aromatic heterocycles. The highest BCUT2D eigenvalue weighted by Gasteiger charge is 2.25. The first-order chi connectivity index (χ1) is 13.8. The molecule has 2 aromatic rings. The molecule has 7 heteroatoms. The molecule has 0 saturated heterocycles. The summed E-state index contributed by atoms with van der Waals surface area (Å²) in [6.07, 6.45) is 3.33. The quantitative estimate of drug-likeness (QED) is 0.758. The number of amides is 1. The molecule has 6 nitrogen and oxygen atoms in total. The van der Waals surface area contributed by atoms with Crippen LogP contribution in [0, 0.1) is 12.8 Å². The van der Waals surface area contributed by atoms with Crippen molar-refractivity contribution < 1.29 is 18.3 Å². The van der Waals surface area contributed by atoms with Crippen LogP contribution in [0.1, 0.15) is 41.6 Å². The Morgan fingerprint density at radius 3 is 2.52 bits per heavy atom. The van der Waals surface area contributed by atoms with E-state index in [4.69, 9.17) is 0 Å². The fourth-order valence-electron chi connectivity index (χ4n) is 3.60. The van der Waals surface area contributed by atoms with E-state index in [9.17, 15) is 18.3 Å². The molecule has 1 fully saturated rings. The predicted molar refractivity (Wildman–Crippen MR) is 114 cm³/mol. The first-order valence-corrected chi connectivity index (χ1v) is 11.3. The van der Waals surface area contributed by atoms with Crippen molar-refractivity contribution in [2.45, 2.75) is 43.6 Å². The van der Waals surface area contributed by atoms with Gasteiger partial charge in [0.1, 0.15) is 0 Å². The highest BCUT2D eigenvalue weighted by atomic mass is 32.2. The van der Waals surface area contributed by atoms with Gasteiger partial charge in [0.15, 0.2) is 0 Å². The van der Waals surface area contributed by atoms with Gasteiger partial charge in [-0.25, -0.2) is 8.42 Å². The first kappa shape index (κ1) is 21.3. The summed E-state index contributed by atoms with van der Waals surface area (Å²) in [4.78, 5) is 12.6. The van der Waals surface area contributed by atoms with Gasteiger partial charge in [0, 0.05) is 25.1 Å². The van der Waals surface area contributed by atoms with E-state index in [1.807, 2.05) is 19.1 Å². The number of aliphatic hydroxyl groups excluding tert-OH is 1. The molecule has 0 radical (unpaired) electrons. The summed E-state index contributed by atoms with van der Waals surface area (Å²) < 4.78 is 27.2. The summed E-state index contributed by atoms with van der Waals surface area (Å²) in [7, 11) is -2.29. The number of rotatable bonds is 6. The zero-order valence-corrected chi connectivity index (χ0v) is 17.7. The SMILES string of the molecule is Cc1ccc(N(C)S(=O)(=O)c2cccc(C(=O)NC[C@H]3CCCC[C@H]3O)c2)cc1. The lowest BCUT2D eigenvalue weighted by Crippen LogP contribution is -2.36. The van der Waals surface area contributed by atoms with Crippen LogP contribution in [0.2, 0.25) is 0 Å². The topological polar surface area (TPSA) is 86.7 Å². The maximum Gasteiger partial charge on any atom is 0.264 e. The lowest BCUT2D eigenvalue weighted by molar-refractivity contribution is 0.0663. The van der Waals surface area contributed by atoms with Crippen molar-refractivity contribution in [1.82, 2.24) is 5.32 Å². The van der Waals surface area contributed by atoms with E-state index in [1.165, 1.54) is 23.5 Å². The van der Waals surface area contributed by atoms with E-state index in [2.05, 4.69) is 5.32 Å². The Morgan fingerprint density at radius 2 is 1.83 bits per heavy atom. The molecule has 3 rings (SSSR count). The van der Waals surface area contributed by atoms with E-state index in [0.717, 1.165) is 31.2 Å².